The van der Waals surface area contributed by atoms with Gasteiger partial charge < -0.3 is 15.5 Å². The van der Waals surface area contributed by atoms with Gasteiger partial charge in [-0.3, -0.25) is 0 Å². The van der Waals surface area contributed by atoms with E-state index >= 15 is 0 Å². The van der Waals surface area contributed by atoms with Gasteiger partial charge in [0.25, 0.3) is 0 Å². The van der Waals surface area contributed by atoms with Crippen LogP contribution in [-0.2, 0) is 12.7 Å². The zero-order chi connectivity index (χ0) is 19.2. The number of hydrogen-bond acceptors (Lipinski definition) is 5. The van der Waals surface area contributed by atoms with E-state index in [4.69, 9.17) is 0 Å². The van der Waals surface area contributed by atoms with Gasteiger partial charge in [0.05, 0.1) is 0 Å². The molecule has 0 atom stereocenters. The minimum absolute atomic E-state index is 0.0307. The van der Waals surface area contributed by atoms with Crippen LogP contribution >= 0.6 is 15.9 Å². The molecular formula is C17H21BrF3N5. The molecule has 0 amide bonds. The molecule has 0 unspecified atom stereocenters. The number of aromatic nitrogens is 2. The van der Waals surface area contributed by atoms with E-state index in [0.717, 1.165) is 29.1 Å². The molecule has 2 aromatic rings. The summed E-state index contributed by atoms with van der Waals surface area (Å²) in [6, 6.07) is 8.42. The van der Waals surface area contributed by atoms with Gasteiger partial charge in [0.1, 0.15) is 5.82 Å². The maximum atomic E-state index is 13.1. The summed E-state index contributed by atoms with van der Waals surface area (Å²) in [6.07, 6.45) is -3.76. The number of nitrogens with zero attached hydrogens (tertiary/aromatic N) is 3. The third kappa shape index (κ3) is 6.80. The summed E-state index contributed by atoms with van der Waals surface area (Å²) in [6.45, 7) is 1.67. The fourth-order valence-electron chi connectivity index (χ4n) is 2.15. The van der Waals surface area contributed by atoms with Crippen LogP contribution in [-0.4, -0.2) is 42.1 Å². The lowest BCUT2D eigenvalue weighted by Crippen LogP contribution is -2.18. The zero-order valence-electron chi connectivity index (χ0n) is 14.6. The number of hydrogen-bond donors (Lipinski definition) is 2. The molecule has 0 aliphatic heterocycles. The molecule has 0 saturated heterocycles. The van der Waals surface area contributed by atoms with E-state index in [1.54, 1.807) is 0 Å². The average molecular weight is 432 g/mol. The lowest BCUT2D eigenvalue weighted by atomic mass is 10.2. The predicted molar refractivity (Wildman–Crippen MR) is 100 cm³/mol. The second-order valence-corrected chi connectivity index (χ2v) is 6.94. The van der Waals surface area contributed by atoms with Crippen LogP contribution in [0.5, 0.6) is 0 Å². The smallest absolute Gasteiger partial charge is 0.366 e. The second kappa shape index (κ2) is 9.18. The Labute approximate surface area is 159 Å². The first-order valence-electron chi connectivity index (χ1n) is 8.07. The standard InChI is InChI=1S/C17H21BrF3N5/c1-26(2)9-3-8-22-16-24-14(17(19,20)21)10-15(25-16)23-11-12-4-6-13(18)7-5-12/h4-7,10H,3,8-9,11H2,1-2H3,(H2,22,23,24,25). The number of benzene rings is 1. The molecule has 0 aliphatic carbocycles. The van der Waals surface area contributed by atoms with E-state index in [-0.39, 0.29) is 11.8 Å². The molecule has 0 radical (unpaired) electrons. The molecule has 1 heterocycles. The highest BCUT2D eigenvalue weighted by Crippen LogP contribution is 2.29. The van der Waals surface area contributed by atoms with Crippen molar-refractivity contribution in [3.63, 3.8) is 0 Å². The highest BCUT2D eigenvalue weighted by molar-refractivity contribution is 9.10. The number of nitrogens with one attached hydrogen (secondary N) is 2. The highest BCUT2D eigenvalue weighted by atomic mass is 79.9. The third-order valence-electron chi connectivity index (χ3n) is 3.47. The second-order valence-electron chi connectivity index (χ2n) is 6.02. The van der Waals surface area contributed by atoms with Gasteiger partial charge >= 0.3 is 6.18 Å². The number of rotatable bonds is 8. The molecule has 2 N–H and O–H groups in total. The van der Waals surface area contributed by atoms with Gasteiger partial charge in [0, 0.05) is 23.6 Å². The van der Waals surface area contributed by atoms with E-state index in [2.05, 4.69) is 36.5 Å². The molecule has 0 fully saturated rings. The number of anilines is 2. The van der Waals surface area contributed by atoms with Crippen LogP contribution in [0, 0.1) is 0 Å². The van der Waals surface area contributed by atoms with Crippen LogP contribution in [0.4, 0.5) is 24.9 Å². The molecule has 5 nitrogen and oxygen atoms in total. The topological polar surface area (TPSA) is 53.1 Å². The Kier molecular flexibility index (Phi) is 7.22. The first kappa shape index (κ1) is 20.4. The molecule has 0 bridgehead atoms. The van der Waals surface area contributed by atoms with Crippen LogP contribution in [0.15, 0.2) is 34.8 Å². The lowest BCUT2D eigenvalue weighted by molar-refractivity contribution is -0.141. The third-order valence-corrected chi connectivity index (χ3v) is 4.00. The summed E-state index contributed by atoms with van der Waals surface area (Å²) in [5.74, 6) is 0.0993. The van der Waals surface area contributed by atoms with Crippen molar-refractivity contribution < 1.29 is 13.2 Å². The van der Waals surface area contributed by atoms with Crippen molar-refractivity contribution in [1.82, 2.24) is 14.9 Å². The first-order valence-corrected chi connectivity index (χ1v) is 8.86. The number of alkyl halides is 3. The first-order chi connectivity index (χ1) is 12.2. The Balaban J connectivity index is 2.08. The van der Waals surface area contributed by atoms with Gasteiger partial charge in [-0.05, 0) is 44.8 Å². The van der Waals surface area contributed by atoms with Gasteiger partial charge in [-0.15, -0.1) is 0 Å². The van der Waals surface area contributed by atoms with E-state index < -0.39 is 11.9 Å². The fraction of sp³-hybridized carbons (Fsp3) is 0.412. The Morgan fingerprint density at radius 2 is 1.77 bits per heavy atom. The summed E-state index contributed by atoms with van der Waals surface area (Å²) in [4.78, 5) is 9.72. The molecule has 0 aliphatic rings. The summed E-state index contributed by atoms with van der Waals surface area (Å²) in [5.41, 5.74) is -0.0400. The zero-order valence-corrected chi connectivity index (χ0v) is 16.2. The molecule has 9 heteroatoms. The van der Waals surface area contributed by atoms with Crippen molar-refractivity contribution in [2.24, 2.45) is 0 Å². The van der Waals surface area contributed by atoms with Crippen LogP contribution in [0.25, 0.3) is 0 Å². The van der Waals surface area contributed by atoms with Crippen LogP contribution in [0.2, 0.25) is 0 Å². The molecule has 0 saturated carbocycles. The normalized spacial score (nSPS) is 11.7. The summed E-state index contributed by atoms with van der Waals surface area (Å²) in [7, 11) is 3.87. The van der Waals surface area contributed by atoms with Gasteiger partial charge in [0.2, 0.25) is 5.95 Å². The van der Waals surface area contributed by atoms with E-state index in [0.29, 0.717) is 13.1 Å². The SMILES string of the molecule is CN(C)CCCNc1nc(NCc2ccc(Br)cc2)cc(C(F)(F)F)n1. The fourth-order valence-corrected chi connectivity index (χ4v) is 2.42. The molecule has 0 spiro atoms. The summed E-state index contributed by atoms with van der Waals surface area (Å²) in [5, 5.41) is 5.79. The predicted octanol–water partition coefficient (Wildman–Crippen LogP) is 4.23. The maximum absolute atomic E-state index is 13.1. The summed E-state index contributed by atoms with van der Waals surface area (Å²) < 4.78 is 40.2. The molecule has 1 aromatic heterocycles. The van der Waals surface area contributed by atoms with Gasteiger partial charge in [-0.2, -0.15) is 18.2 Å². The van der Waals surface area contributed by atoms with Crippen molar-refractivity contribution in [2.45, 2.75) is 19.1 Å². The lowest BCUT2D eigenvalue weighted by Gasteiger charge is -2.14. The Morgan fingerprint density at radius 3 is 2.38 bits per heavy atom. The average Bonchev–Trinajstić information content (AvgIpc) is 2.57. The van der Waals surface area contributed by atoms with Crippen molar-refractivity contribution in [1.29, 1.82) is 0 Å². The minimum Gasteiger partial charge on any atom is -0.366 e. The van der Waals surface area contributed by atoms with E-state index in [9.17, 15) is 13.2 Å². The highest BCUT2D eigenvalue weighted by Gasteiger charge is 2.33. The summed E-state index contributed by atoms with van der Waals surface area (Å²) >= 11 is 3.34. The van der Waals surface area contributed by atoms with Gasteiger partial charge in [-0.1, -0.05) is 28.1 Å². The molecular weight excluding hydrogens is 411 g/mol. The van der Waals surface area contributed by atoms with Gasteiger partial charge in [-0.25, -0.2) is 4.98 Å². The van der Waals surface area contributed by atoms with Gasteiger partial charge in [0.15, 0.2) is 5.69 Å². The van der Waals surface area contributed by atoms with Crippen molar-refractivity contribution in [3.05, 3.63) is 46.1 Å². The van der Waals surface area contributed by atoms with Crippen LogP contribution in [0.1, 0.15) is 17.7 Å². The monoisotopic (exact) mass is 431 g/mol. The number of halogens is 4. The quantitative estimate of drug-likeness (QED) is 0.612. The molecule has 142 valence electrons. The van der Waals surface area contributed by atoms with E-state index in [1.807, 2.05) is 43.3 Å². The molecule has 1 aromatic carbocycles. The van der Waals surface area contributed by atoms with Crippen LogP contribution < -0.4 is 10.6 Å². The Morgan fingerprint density at radius 1 is 1.08 bits per heavy atom. The van der Waals surface area contributed by atoms with Crippen molar-refractivity contribution >= 4 is 27.7 Å². The van der Waals surface area contributed by atoms with Crippen molar-refractivity contribution in [2.75, 3.05) is 37.8 Å². The maximum Gasteiger partial charge on any atom is 0.433 e. The molecule has 26 heavy (non-hydrogen) atoms. The van der Waals surface area contributed by atoms with E-state index in [1.165, 1.54) is 0 Å². The Bertz CT molecular complexity index is 705. The minimum atomic E-state index is -4.53. The Hall–Kier alpha value is -1.87. The largest absolute Gasteiger partial charge is 0.433 e. The van der Waals surface area contributed by atoms with Crippen molar-refractivity contribution in [3.8, 4) is 0 Å². The molecule has 2 rings (SSSR count). The van der Waals surface area contributed by atoms with Crippen LogP contribution in [0.3, 0.4) is 0 Å².